The van der Waals surface area contributed by atoms with E-state index >= 15 is 0 Å². The third kappa shape index (κ3) is 3.91. The summed E-state index contributed by atoms with van der Waals surface area (Å²) in [5, 5.41) is 2.91. The van der Waals surface area contributed by atoms with Gasteiger partial charge in [0.2, 0.25) is 12.0 Å². The molecule has 1 heterocycles. The number of rotatable bonds is 6. The summed E-state index contributed by atoms with van der Waals surface area (Å²) in [7, 11) is 0. The summed E-state index contributed by atoms with van der Waals surface area (Å²) in [6.45, 7) is 0.577. The molecule has 1 N–H and O–H groups in total. The van der Waals surface area contributed by atoms with Crippen molar-refractivity contribution < 1.29 is 19.1 Å². The molecule has 2 aliphatic rings. The van der Waals surface area contributed by atoms with Gasteiger partial charge in [-0.1, -0.05) is 42.5 Å². The van der Waals surface area contributed by atoms with Crippen molar-refractivity contribution in [1.29, 1.82) is 0 Å². The molecule has 4 rings (SSSR count). The number of hydrogen-bond acceptors (Lipinski definition) is 4. The minimum absolute atomic E-state index is 0.00802. The fourth-order valence-corrected chi connectivity index (χ4v) is 3.36. The molecule has 2 aromatic carbocycles. The lowest BCUT2D eigenvalue weighted by Crippen LogP contribution is -2.34. The number of ether oxygens (including phenoxy) is 1. The Labute approximate surface area is 163 Å². The van der Waals surface area contributed by atoms with Gasteiger partial charge < -0.3 is 15.0 Å². The zero-order valence-electron chi connectivity index (χ0n) is 15.5. The Morgan fingerprint density at radius 2 is 1.75 bits per heavy atom. The second-order valence-corrected chi connectivity index (χ2v) is 7.14. The van der Waals surface area contributed by atoms with Crippen LogP contribution in [0, 0.1) is 0 Å². The summed E-state index contributed by atoms with van der Waals surface area (Å²) < 4.78 is 5.66. The van der Waals surface area contributed by atoms with E-state index < -0.39 is 12.1 Å². The molecular formula is C22H22N2O4. The first kappa shape index (κ1) is 18.2. The van der Waals surface area contributed by atoms with Crippen LogP contribution in [-0.2, 0) is 14.3 Å². The van der Waals surface area contributed by atoms with E-state index in [-0.39, 0.29) is 23.4 Å². The number of amides is 2. The van der Waals surface area contributed by atoms with Crippen molar-refractivity contribution in [3.05, 3.63) is 65.7 Å². The summed E-state index contributed by atoms with van der Waals surface area (Å²) in [5.41, 5.74) is 1.44. The van der Waals surface area contributed by atoms with Gasteiger partial charge in [0.25, 0.3) is 5.91 Å². The van der Waals surface area contributed by atoms with Crippen molar-refractivity contribution in [2.45, 2.75) is 37.8 Å². The number of para-hydroxylation sites is 1. The van der Waals surface area contributed by atoms with Gasteiger partial charge in [-0.05, 0) is 31.4 Å². The first-order valence-corrected chi connectivity index (χ1v) is 9.59. The number of nitrogens with zero attached hydrogens (tertiary/aromatic N) is 1. The number of esters is 1. The minimum atomic E-state index is -1.03. The standard InChI is InChI=1S/C22H22N2O4/c25-19-11-6-14-24(19)18-10-5-4-9-17(18)22(27)28-20(15-7-2-1-3-8-15)21(26)23-16-12-13-16/h1-5,7-10,16,20H,6,11-14H2,(H,23,26)/t20-/m0/s1. The van der Waals surface area contributed by atoms with Gasteiger partial charge in [-0.2, -0.15) is 0 Å². The molecule has 6 heteroatoms. The molecule has 1 atom stereocenters. The maximum atomic E-state index is 13.0. The van der Waals surface area contributed by atoms with Gasteiger partial charge in [0.05, 0.1) is 11.3 Å². The van der Waals surface area contributed by atoms with Gasteiger partial charge in [-0.3, -0.25) is 9.59 Å². The van der Waals surface area contributed by atoms with Crippen LogP contribution in [0.3, 0.4) is 0 Å². The van der Waals surface area contributed by atoms with Crippen molar-refractivity contribution in [1.82, 2.24) is 5.32 Å². The summed E-state index contributed by atoms with van der Waals surface area (Å²) in [6, 6.07) is 16.0. The summed E-state index contributed by atoms with van der Waals surface area (Å²) in [4.78, 5) is 39.4. The van der Waals surface area contributed by atoms with Crippen molar-refractivity contribution in [3.8, 4) is 0 Å². The highest BCUT2D eigenvalue weighted by Gasteiger charge is 2.32. The highest BCUT2D eigenvalue weighted by Crippen LogP contribution is 2.29. The highest BCUT2D eigenvalue weighted by molar-refractivity contribution is 6.04. The molecule has 1 aliphatic heterocycles. The lowest BCUT2D eigenvalue weighted by atomic mass is 10.1. The van der Waals surface area contributed by atoms with E-state index in [0.717, 1.165) is 19.3 Å². The zero-order valence-corrected chi connectivity index (χ0v) is 15.5. The lowest BCUT2D eigenvalue weighted by Gasteiger charge is -2.21. The second kappa shape index (κ2) is 7.84. The van der Waals surface area contributed by atoms with Crippen LogP contribution >= 0.6 is 0 Å². The summed E-state index contributed by atoms with van der Waals surface area (Å²) in [5.74, 6) is -0.946. The maximum Gasteiger partial charge on any atom is 0.341 e. The fraction of sp³-hybridized carbons (Fsp3) is 0.318. The van der Waals surface area contributed by atoms with E-state index in [1.165, 1.54) is 0 Å². The monoisotopic (exact) mass is 378 g/mol. The van der Waals surface area contributed by atoms with Crippen LogP contribution in [0.15, 0.2) is 54.6 Å². The van der Waals surface area contributed by atoms with Crippen molar-refractivity contribution in [2.75, 3.05) is 11.4 Å². The quantitative estimate of drug-likeness (QED) is 0.784. The zero-order chi connectivity index (χ0) is 19.5. The number of hydrogen-bond donors (Lipinski definition) is 1. The van der Waals surface area contributed by atoms with Gasteiger partial charge in [-0.15, -0.1) is 0 Å². The molecule has 1 saturated heterocycles. The number of nitrogens with one attached hydrogen (secondary N) is 1. The van der Waals surface area contributed by atoms with Crippen LogP contribution in [0.2, 0.25) is 0 Å². The fourth-order valence-electron chi connectivity index (χ4n) is 3.36. The molecule has 1 saturated carbocycles. The molecule has 0 radical (unpaired) electrons. The van der Waals surface area contributed by atoms with Gasteiger partial charge in [0, 0.05) is 24.6 Å². The smallest absolute Gasteiger partial charge is 0.341 e. The van der Waals surface area contributed by atoms with E-state index in [0.29, 0.717) is 24.2 Å². The van der Waals surface area contributed by atoms with E-state index in [2.05, 4.69) is 5.32 Å². The molecule has 0 unspecified atom stereocenters. The minimum Gasteiger partial charge on any atom is -0.444 e. The van der Waals surface area contributed by atoms with Crippen molar-refractivity contribution >= 4 is 23.5 Å². The molecule has 6 nitrogen and oxygen atoms in total. The molecule has 1 aliphatic carbocycles. The number of benzene rings is 2. The molecule has 0 aromatic heterocycles. The third-order valence-corrected chi connectivity index (χ3v) is 4.98. The Morgan fingerprint density at radius 3 is 2.43 bits per heavy atom. The Morgan fingerprint density at radius 1 is 1.04 bits per heavy atom. The highest BCUT2D eigenvalue weighted by atomic mass is 16.5. The van der Waals surface area contributed by atoms with E-state index in [1.807, 2.05) is 6.07 Å². The number of carbonyl (C=O) groups excluding carboxylic acids is 3. The predicted molar refractivity (Wildman–Crippen MR) is 104 cm³/mol. The van der Waals surface area contributed by atoms with Gasteiger partial charge in [0.1, 0.15) is 0 Å². The number of anilines is 1. The maximum absolute atomic E-state index is 13.0. The van der Waals surface area contributed by atoms with E-state index in [1.54, 1.807) is 53.4 Å². The largest absolute Gasteiger partial charge is 0.444 e. The van der Waals surface area contributed by atoms with Crippen LogP contribution in [-0.4, -0.2) is 30.4 Å². The molecule has 0 spiro atoms. The molecule has 2 amide bonds. The van der Waals surface area contributed by atoms with Crippen molar-refractivity contribution in [2.24, 2.45) is 0 Å². The van der Waals surface area contributed by atoms with Gasteiger partial charge in [-0.25, -0.2) is 4.79 Å². The average molecular weight is 378 g/mol. The first-order chi connectivity index (χ1) is 13.6. The van der Waals surface area contributed by atoms with Crippen LogP contribution in [0.25, 0.3) is 0 Å². The average Bonchev–Trinajstić information content (AvgIpc) is 3.43. The van der Waals surface area contributed by atoms with Gasteiger partial charge >= 0.3 is 5.97 Å². The van der Waals surface area contributed by atoms with Crippen LogP contribution in [0.1, 0.15) is 47.7 Å². The Hall–Kier alpha value is -3.15. The lowest BCUT2D eigenvalue weighted by molar-refractivity contribution is -0.130. The summed E-state index contributed by atoms with van der Waals surface area (Å²) >= 11 is 0. The normalized spacial score (nSPS) is 17.3. The summed E-state index contributed by atoms with van der Waals surface area (Å²) in [6.07, 6.45) is 2.09. The van der Waals surface area contributed by atoms with Crippen LogP contribution in [0.4, 0.5) is 5.69 Å². The van der Waals surface area contributed by atoms with E-state index in [4.69, 9.17) is 4.74 Å². The molecule has 28 heavy (non-hydrogen) atoms. The third-order valence-electron chi connectivity index (χ3n) is 4.98. The second-order valence-electron chi connectivity index (χ2n) is 7.14. The van der Waals surface area contributed by atoms with Crippen LogP contribution < -0.4 is 10.2 Å². The SMILES string of the molecule is O=C(O[C@H](C(=O)NC1CC1)c1ccccc1)c1ccccc1N1CCCC1=O. The Kier molecular flexibility index (Phi) is 5.10. The molecule has 144 valence electrons. The Bertz CT molecular complexity index is 892. The Balaban J connectivity index is 1.59. The van der Waals surface area contributed by atoms with Gasteiger partial charge in [0.15, 0.2) is 0 Å². The van der Waals surface area contributed by atoms with Crippen LogP contribution in [0.5, 0.6) is 0 Å². The first-order valence-electron chi connectivity index (χ1n) is 9.59. The molecule has 2 aromatic rings. The molecular weight excluding hydrogens is 356 g/mol. The molecule has 0 bridgehead atoms. The van der Waals surface area contributed by atoms with Crippen molar-refractivity contribution in [3.63, 3.8) is 0 Å². The molecule has 2 fully saturated rings. The van der Waals surface area contributed by atoms with E-state index in [9.17, 15) is 14.4 Å². The number of carbonyl (C=O) groups is 3. The topological polar surface area (TPSA) is 75.7 Å². The predicted octanol–water partition coefficient (Wildman–Crippen LogP) is 2.99.